The number of nitriles is 1. The fourth-order valence-electron chi connectivity index (χ4n) is 2.34. The van der Waals surface area contributed by atoms with Gasteiger partial charge in [0.15, 0.2) is 0 Å². The number of phenols is 1. The van der Waals surface area contributed by atoms with Crippen LogP contribution in [0.25, 0.3) is 10.8 Å². The van der Waals surface area contributed by atoms with Gasteiger partial charge in [-0.05, 0) is 12.1 Å². The molecule has 0 heterocycles. The van der Waals surface area contributed by atoms with Gasteiger partial charge in [-0.3, -0.25) is 9.59 Å². The number of anilines is 1. The van der Waals surface area contributed by atoms with Crippen LogP contribution >= 0.6 is 0 Å². The summed E-state index contributed by atoms with van der Waals surface area (Å²) in [5.74, 6) is -0.877. The topological polar surface area (TPSA) is 119 Å². The van der Waals surface area contributed by atoms with Gasteiger partial charge >= 0.3 is 0 Å². The third-order valence-electron chi connectivity index (χ3n) is 3.57. The van der Waals surface area contributed by atoms with E-state index in [-0.39, 0.29) is 30.3 Å². The van der Waals surface area contributed by atoms with Crippen molar-refractivity contribution in [3.63, 3.8) is 0 Å². The largest absolute Gasteiger partial charge is 0.507 e. The van der Waals surface area contributed by atoms with Crippen molar-refractivity contribution in [2.24, 2.45) is 5.73 Å². The second-order valence-electron chi connectivity index (χ2n) is 5.29. The molecule has 128 valence electrons. The standard InChI is InChI=1S/C18H18N4O3/c1-12(23)22(9-8-19)11-13(10-20)18(25)21-16-6-2-5-15-14(16)4-3-7-17(15)24/h2-7,11,24H,8-9,19H2,1H3,(H,21,25)/b13-11-. The zero-order chi connectivity index (χ0) is 18.4. The Kier molecular flexibility index (Phi) is 5.71. The molecule has 0 fully saturated rings. The highest BCUT2D eigenvalue weighted by Gasteiger charge is 2.15. The van der Waals surface area contributed by atoms with E-state index >= 15 is 0 Å². The molecule has 25 heavy (non-hydrogen) atoms. The average Bonchev–Trinajstić information content (AvgIpc) is 2.59. The first kappa shape index (κ1) is 18.0. The molecular weight excluding hydrogens is 320 g/mol. The van der Waals surface area contributed by atoms with E-state index in [1.54, 1.807) is 42.5 Å². The van der Waals surface area contributed by atoms with E-state index in [0.717, 1.165) is 0 Å². The molecule has 0 spiro atoms. The Bertz CT molecular complexity index is 884. The summed E-state index contributed by atoms with van der Waals surface area (Å²) in [7, 11) is 0. The fourth-order valence-corrected chi connectivity index (χ4v) is 2.34. The number of rotatable bonds is 5. The average molecular weight is 338 g/mol. The Morgan fingerprint density at radius 1 is 1.28 bits per heavy atom. The van der Waals surface area contributed by atoms with Crippen LogP contribution in [0.2, 0.25) is 0 Å². The molecule has 0 saturated heterocycles. The zero-order valence-corrected chi connectivity index (χ0v) is 13.7. The van der Waals surface area contributed by atoms with Crippen molar-refractivity contribution in [2.45, 2.75) is 6.92 Å². The quantitative estimate of drug-likeness (QED) is 0.566. The van der Waals surface area contributed by atoms with E-state index in [1.807, 2.05) is 0 Å². The van der Waals surface area contributed by atoms with Gasteiger partial charge in [-0.1, -0.05) is 24.3 Å². The number of nitrogens with two attached hydrogens (primary N) is 1. The van der Waals surface area contributed by atoms with Crippen LogP contribution in [0.3, 0.4) is 0 Å². The van der Waals surface area contributed by atoms with Gasteiger partial charge in [0, 0.05) is 42.7 Å². The smallest absolute Gasteiger partial charge is 0.267 e. The third-order valence-corrected chi connectivity index (χ3v) is 3.57. The van der Waals surface area contributed by atoms with E-state index in [1.165, 1.54) is 18.0 Å². The van der Waals surface area contributed by atoms with Gasteiger partial charge in [0.2, 0.25) is 5.91 Å². The Hall–Kier alpha value is -3.37. The first-order valence-corrected chi connectivity index (χ1v) is 7.59. The summed E-state index contributed by atoms with van der Waals surface area (Å²) in [6.45, 7) is 1.74. The number of aromatic hydroxyl groups is 1. The second kappa shape index (κ2) is 7.95. The molecular formula is C18H18N4O3. The third kappa shape index (κ3) is 4.13. The van der Waals surface area contributed by atoms with Gasteiger partial charge in [-0.15, -0.1) is 0 Å². The van der Waals surface area contributed by atoms with Crippen molar-refractivity contribution in [1.82, 2.24) is 4.90 Å². The molecule has 2 aromatic carbocycles. The minimum Gasteiger partial charge on any atom is -0.507 e. The van der Waals surface area contributed by atoms with Crippen LogP contribution in [0.15, 0.2) is 48.2 Å². The normalized spacial score (nSPS) is 11.0. The molecule has 0 bridgehead atoms. The molecule has 2 rings (SSSR count). The Balaban J connectivity index is 2.33. The molecule has 0 aliphatic heterocycles. The van der Waals surface area contributed by atoms with Crippen molar-refractivity contribution < 1.29 is 14.7 Å². The molecule has 0 radical (unpaired) electrons. The van der Waals surface area contributed by atoms with Crippen LogP contribution in [0.1, 0.15) is 6.92 Å². The second-order valence-corrected chi connectivity index (χ2v) is 5.29. The summed E-state index contributed by atoms with van der Waals surface area (Å²) in [5, 5.41) is 23.0. The molecule has 0 unspecified atom stereocenters. The van der Waals surface area contributed by atoms with E-state index in [4.69, 9.17) is 5.73 Å². The number of nitrogens with one attached hydrogen (secondary N) is 1. The summed E-state index contributed by atoms with van der Waals surface area (Å²) in [6, 6.07) is 11.8. The first-order valence-electron chi connectivity index (χ1n) is 7.59. The first-order chi connectivity index (χ1) is 12.0. The van der Waals surface area contributed by atoms with Crippen molar-refractivity contribution in [3.8, 4) is 11.8 Å². The molecule has 0 aliphatic rings. The van der Waals surface area contributed by atoms with E-state index in [2.05, 4.69) is 5.32 Å². The van der Waals surface area contributed by atoms with Crippen molar-refractivity contribution in [3.05, 3.63) is 48.2 Å². The van der Waals surface area contributed by atoms with Gasteiger partial charge in [-0.2, -0.15) is 5.26 Å². The van der Waals surface area contributed by atoms with Crippen LogP contribution in [0.4, 0.5) is 5.69 Å². The number of fused-ring (bicyclic) bond motifs is 1. The predicted octanol–water partition coefficient (Wildman–Crippen LogP) is 1.70. The number of phenolic OH excluding ortho intramolecular Hbond substituents is 1. The van der Waals surface area contributed by atoms with Gasteiger partial charge in [0.25, 0.3) is 5.91 Å². The van der Waals surface area contributed by atoms with E-state index in [9.17, 15) is 20.0 Å². The number of benzene rings is 2. The number of hydrogen-bond donors (Lipinski definition) is 3. The zero-order valence-electron chi connectivity index (χ0n) is 13.7. The highest BCUT2D eigenvalue weighted by molar-refractivity contribution is 6.11. The maximum Gasteiger partial charge on any atom is 0.267 e. The van der Waals surface area contributed by atoms with Crippen LogP contribution in [-0.4, -0.2) is 34.9 Å². The number of amides is 2. The Labute approximate surface area is 145 Å². The molecule has 2 aromatic rings. The molecule has 0 aliphatic carbocycles. The molecule has 7 nitrogen and oxygen atoms in total. The lowest BCUT2D eigenvalue weighted by Crippen LogP contribution is -2.30. The predicted molar refractivity (Wildman–Crippen MR) is 94.4 cm³/mol. The molecule has 0 aromatic heterocycles. The number of carbonyl (C=O) groups excluding carboxylic acids is 2. The summed E-state index contributed by atoms with van der Waals surface area (Å²) in [6.07, 6.45) is 1.19. The maximum atomic E-state index is 12.4. The summed E-state index contributed by atoms with van der Waals surface area (Å²) in [4.78, 5) is 25.2. The molecule has 0 saturated carbocycles. The fraction of sp³-hybridized carbons (Fsp3) is 0.167. The lowest BCUT2D eigenvalue weighted by molar-refractivity contribution is -0.126. The van der Waals surface area contributed by atoms with Crippen molar-refractivity contribution in [1.29, 1.82) is 5.26 Å². The molecule has 4 N–H and O–H groups in total. The Morgan fingerprint density at radius 3 is 2.60 bits per heavy atom. The number of nitrogens with zero attached hydrogens (tertiary/aromatic N) is 2. The van der Waals surface area contributed by atoms with Crippen molar-refractivity contribution in [2.75, 3.05) is 18.4 Å². The lowest BCUT2D eigenvalue weighted by Gasteiger charge is -2.16. The van der Waals surface area contributed by atoms with Gasteiger partial charge in [-0.25, -0.2) is 0 Å². The highest BCUT2D eigenvalue weighted by atomic mass is 16.3. The van der Waals surface area contributed by atoms with E-state index < -0.39 is 5.91 Å². The summed E-state index contributed by atoms with van der Waals surface area (Å²) < 4.78 is 0. The van der Waals surface area contributed by atoms with Crippen LogP contribution in [0.5, 0.6) is 5.75 Å². The van der Waals surface area contributed by atoms with Crippen LogP contribution < -0.4 is 11.1 Å². The number of carbonyl (C=O) groups is 2. The van der Waals surface area contributed by atoms with E-state index in [0.29, 0.717) is 16.5 Å². The summed E-state index contributed by atoms with van der Waals surface area (Å²) >= 11 is 0. The molecule has 7 heteroatoms. The van der Waals surface area contributed by atoms with Crippen molar-refractivity contribution >= 4 is 28.3 Å². The monoisotopic (exact) mass is 338 g/mol. The maximum absolute atomic E-state index is 12.4. The minimum atomic E-state index is -0.651. The van der Waals surface area contributed by atoms with Crippen LogP contribution in [0, 0.1) is 11.3 Å². The van der Waals surface area contributed by atoms with Gasteiger partial charge in [0.1, 0.15) is 17.4 Å². The van der Waals surface area contributed by atoms with Gasteiger partial charge < -0.3 is 21.1 Å². The summed E-state index contributed by atoms with van der Waals surface area (Å²) in [5.41, 5.74) is 5.66. The Morgan fingerprint density at radius 2 is 1.96 bits per heavy atom. The number of hydrogen-bond acceptors (Lipinski definition) is 5. The van der Waals surface area contributed by atoms with Gasteiger partial charge in [0.05, 0.1) is 0 Å². The lowest BCUT2D eigenvalue weighted by atomic mass is 10.1. The minimum absolute atomic E-state index is 0.0929. The SMILES string of the molecule is CC(=O)N(/C=C(/C#N)C(=O)Nc1cccc2c(O)cccc12)CCN. The molecule has 0 atom stereocenters. The molecule has 2 amide bonds. The van der Waals surface area contributed by atoms with Crippen LogP contribution in [-0.2, 0) is 9.59 Å². The highest BCUT2D eigenvalue weighted by Crippen LogP contribution is 2.29.